The summed E-state index contributed by atoms with van der Waals surface area (Å²) in [6.45, 7) is 3.67. The quantitative estimate of drug-likeness (QED) is 0.535. The van der Waals surface area contributed by atoms with Gasteiger partial charge in [0.05, 0.1) is 17.2 Å². The van der Waals surface area contributed by atoms with Gasteiger partial charge in [-0.2, -0.15) is 0 Å². The molecule has 29 heavy (non-hydrogen) atoms. The average Bonchev–Trinajstić information content (AvgIpc) is 2.69. The summed E-state index contributed by atoms with van der Waals surface area (Å²) < 4.78 is 0. The number of aryl methyl sites for hydroxylation is 1. The summed E-state index contributed by atoms with van der Waals surface area (Å²) in [4.78, 5) is 17.3. The highest BCUT2D eigenvalue weighted by atomic mass is 35.5. The van der Waals surface area contributed by atoms with E-state index in [0.29, 0.717) is 16.0 Å². The Morgan fingerprint density at radius 3 is 2.55 bits per heavy atom. The number of nitrogens with one attached hydrogen (secondary N) is 2. The Balaban J connectivity index is 1.32. The molecule has 0 saturated heterocycles. The SMILES string of the molecule is C[C@@H](CO)NCCCc1cc(C(=O)NCC23CC4CC(CC(C4)C2)C3)c(Cl)cn1. The maximum Gasteiger partial charge on any atom is 0.252 e. The highest BCUT2D eigenvalue weighted by Gasteiger charge is 2.50. The Labute approximate surface area is 179 Å². The number of carbonyl (C=O) groups is 1. The number of hydrogen-bond donors (Lipinski definition) is 3. The van der Waals surface area contributed by atoms with Gasteiger partial charge in [-0.1, -0.05) is 11.6 Å². The number of pyridine rings is 1. The van der Waals surface area contributed by atoms with Gasteiger partial charge in [-0.25, -0.2) is 0 Å². The normalized spacial score (nSPS) is 31.1. The van der Waals surface area contributed by atoms with Crippen LogP contribution in [0.5, 0.6) is 0 Å². The van der Waals surface area contributed by atoms with Crippen molar-refractivity contribution in [2.45, 2.75) is 64.3 Å². The standard InChI is InChI=1S/C23H34ClN3O2/c1-15(13-28)25-4-2-3-19-8-20(21(24)12-26-19)22(29)27-14-23-9-16-5-17(10-23)7-18(6-16)11-23/h8,12,15-18,25,28H,2-7,9-11,13-14H2,1H3,(H,27,29)/t15-,16?,17?,18?,23?/m0/s1. The maximum absolute atomic E-state index is 12.9. The van der Waals surface area contributed by atoms with Crippen LogP contribution in [0.4, 0.5) is 0 Å². The first-order chi connectivity index (χ1) is 14.0. The molecule has 4 aliphatic carbocycles. The molecule has 4 fully saturated rings. The molecule has 4 aliphatic rings. The van der Waals surface area contributed by atoms with Crippen molar-refractivity contribution in [2.75, 3.05) is 19.7 Å². The summed E-state index contributed by atoms with van der Waals surface area (Å²) in [6.07, 6.45) is 11.4. The van der Waals surface area contributed by atoms with Crippen LogP contribution in [0.2, 0.25) is 5.02 Å². The summed E-state index contributed by atoms with van der Waals surface area (Å²) in [7, 11) is 0. The molecule has 1 amide bonds. The minimum Gasteiger partial charge on any atom is -0.395 e. The van der Waals surface area contributed by atoms with E-state index in [1.165, 1.54) is 38.5 Å². The first kappa shape index (κ1) is 21.1. The van der Waals surface area contributed by atoms with Gasteiger partial charge < -0.3 is 15.7 Å². The average molecular weight is 420 g/mol. The van der Waals surface area contributed by atoms with Crippen molar-refractivity contribution in [3.8, 4) is 0 Å². The van der Waals surface area contributed by atoms with Gasteiger partial charge in [0.2, 0.25) is 0 Å². The number of nitrogens with zero attached hydrogens (tertiary/aromatic N) is 1. The van der Waals surface area contributed by atoms with Gasteiger partial charge in [-0.15, -0.1) is 0 Å². The van der Waals surface area contributed by atoms with Crippen LogP contribution in [-0.2, 0) is 6.42 Å². The molecule has 5 nitrogen and oxygen atoms in total. The number of rotatable bonds is 9. The lowest BCUT2D eigenvalue weighted by molar-refractivity contribution is -0.0503. The first-order valence-corrected chi connectivity index (χ1v) is 11.6. The van der Waals surface area contributed by atoms with Gasteiger partial charge >= 0.3 is 0 Å². The Bertz CT molecular complexity index is 704. The van der Waals surface area contributed by atoms with Crippen LogP contribution in [0.1, 0.15) is 67.9 Å². The number of amides is 1. The van der Waals surface area contributed by atoms with E-state index in [1.807, 2.05) is 13.0 Å². The van der Waals surface area contributed by atoms with E-state index >= 15 is 0 Å². The van der Waals surface area contributed by atoms with Crippen molar-refractivity contribution < 1.29 is 9.90 Å². The van der Waals surface area contributed by atoms with Crippen LogP contribution in [0.3, 0.4) is 0 Å². The van der Waals surface area contributed by atoms with Crippen molar-refractivity contribution in [2.24, 2.45) is 23.2 Å². The third kappa shape index (κ3) is 4.95. The third-order valence-electron chi connectivity index (χ3n) is 7.32. The van der Waals surface area contributed by atoms with Crippen LogP contribution in [0.25, 0.3) is 0 Å². The molecule has 6 heteroatoms. The molecular formula is C23H34ClN3O2. The van der Waals surface area contributed by atoms with E-state index in [2.05, 4.69) is 15.6 Å². The number of halogens is 1. The van der Waals surface area contributed by atoms with Crippen molar-refractivity contribution in [3.05, 3.63) is 28.5 Å². The van der Waals surface area contributed by atoms with E-state index in [4.69, 9.17) is 16.7 Å². The molecule has 1 heterocycles. The van der Waals surface area contributed by atoms with Gasteiger partial charge in [-0.05, 0) is 94.1 Å². The molecule has 160 valence electrons. The van der Waals surface area contributed by atoms with Crippen molar-refractivity contribution in [1.82, 2.24) is 15.6 Å². The number of carbonyl (C=O) groups excluding carboxylic acids is 1. The fourth-order valence-corrected chi connectivity index (χ4v) is 6.53. The minimum absolute atomic E-state index is 0.0681. The van der Waals surface area contributed by atoms with Crippen LogP contribution >= 0.6 is 11.6 Å². The maximum atomic E-state index is 12.9. The Morgan fingerprint density at radius 2 is 1.93 bits per heavy atom. The number of hydrogen-bond acceptors (Lipinski definition) is 4. The number of aromatic nitrogens is 1. The van der Waals surface area contributed by atoms with E-state index < -0.39 is 0 Å². The smallest absolute Gasteiger partial charge is 0.252 e. The van der Waals surface area contributed by atoms with Crippen molar-refractivity contribution >= 4 is 17.5 Å². The molecule has 0 radical (unpaired) electrons. The molecule has 0 aromatic carbocycles. The highest BCUT2D eigenvalue weighted by molar-refractivity contribution is 6.33. The van der Waals surface area contributed by atoms with E-state index in [9.17, 15) is 4.79 Å². The zero-order chi connectivity index (χ0) is 20.4. The molecule has 3 N–H and O–H groups in total. The van der Waals surface area contributed by atoms with Gasteiger partial charge in [0.1, 0.15) is 0 Å². The van der Waals surface area contributed by atoms with E-state index in [-0.39, 0.29) is 18.6 Å². The first-order valence-electron chi connectivity index (χ1n) is 11.2. The Kier molecular flexibility index (Phi) is 6.47. The second kappa shape index (κ2) is 8.91. The predicted molar refractivity (Wildman–Crippen MR) is 115 cm³/mol. The van der Waals surface area contributed by atoms with Crippen LogP contribution in [0.15, 0.2) is 12.3 Å². The second-order valence-electron chi connectivity index (χ2n) is 9.90. The van der Waals surface area contributed by atoms with Gasteiger partial charge in [-0.3, -0.25) is 9.78 Å². The Hall–Kier alpha value is -1.17. The van der Waals surface area contributed by atoms with Gasteiger partial charge in [0.15, 0.2) is 0 Å². The zero-order valence-corrected chi connectivity index (χ0v) is 18.2. The fourth-order valence-electron chi connectivity index (χ4n) is 6.34. The molecule has 5 rings (SSSR count). The molecule has 4 bridgehead atoms. The largest absolute Gasteiger partial charge is 0.395 e. The molecule has 0 spiro atoms. The molecule has 0 aliphatic heterocycles. The topological polar surface area (TPSA) is 74.2 Å². The van der Waals surface area contributed by atoms with Gasteiger partial charge in [0, 0.05) is 24.5 Å². The zero-order valence-electron chi connectivity index (χ0n) is 17.4. The summed E-state index contributed by atoms with van der Waals surface area (Å²) >= 11 is 6.30. The fraction of sp³-hybridized carbons (Fsp3) is 0.739. The van der Waals surface area contributed by atoms with Crippen LogP contribution in [-0.4, -0.2) is 41.7 Å². The Morgan fingerprint density at radius 1 is 1.28 bits per heavy atom. The van der Waals surface area contributed by atoms with Crippen LogP contribution in [0, 0.1) is 23.2 Å². The third-order valence-corrected chi connectivity index (χ3v) is 7.62. The molecule has 1 aromatic heterocycles. The van der Waals surface area contributed by atoms with Crippen LogP contribution < -0.4 is 10.6 Å². The summed E-state index contributed by atoms with van der Waals surface area (Å²) in [5.74, 6) is 2.59. The number of aliphatic hydroxyl groups is 1. The second-order valence-corrected chi connectivity index (χ2v) is 10.3. The summed E-state index contributed by atoms with van der Waals surface area (Å²) in [5.41, 5.74) is 1.74. The highest BCUT2D eigenvalue weighted by Crippen LogP contribution is 2.59. The molecule has 1 aromatic rings. The molecule has 1 atom stereocenters. The van der Waals surface area contributed by atoms with Crippen molar-refractivity contribution in [1.29, 1.82) is 0 Å². The lowest BCUT2D eigenvalue weighted by atomic mass is 9.49. The molecular weight excluding hydrogens is 386 g/mol. The van der Waals surface area contributed by atoms with Gasteiger partial charge in [0.25, 0.3) is 5.91 Å². The van der Waals surface area contributed by atoms with E-state index in [1.54, 1.807) is 6.20 Å². The lowest BCUT2D eigenvalue weighted by Gasteiger charge is -2.56. The predicted octanol–water partition coefficient (Wildman–Crippen LogP) is 3.58. The monoisotopic (exact) mass is 419 g/mol. The minimum atomic E-state index is -0.0681. The van der Waals surface area contributed by atoms with E-state index in [0.717, 1.165) is 49.4 Å². The summed E-state index contributed by atoms with van der Waals surface area (Å²) in [5, 5.41) is 16.0. The molecule has 0 unspecified atom stereocenters. The summed E-state index contributed by atoms with van der Waals surface area (Å²) in [6, 6.07) is 1.94. The van der Waals surface area contributed by atoms with Crippen molar-refractivity contribution in [3.63, 3.8) is 0 Å². The molecule has 4 saturated carbocycles. The number of aliphatic hydroxyl groups excluding tert-OH is 1. The lowest BCUT2D eigenvalue weighted by Crippen LogP contribution is -2.51.